The first-order valence-electron chi connectivity index (χ1n) is 12.4. The minimum Gasteiger partial charge on any atom is -0.642 e. The maximum atomic E-state index is 10.4. The molecule has 213 valence electrons. The Morgan fingerprint density at radius 2 is 1.75 bits per heavy atom. The molecular weight excluding hydrogens is 554 g/mol. The maximum Gasteiger partial charge on any atom is 1.00 e. The number of halogens is 1. The molecule has 1 radical (unpaired) electrons. The van der Waals surface area contributed by atoms with E-state index in [-0.39, 0.29) is 48.2 Å². The molecule has 40 heavy (non-hydrogen) atoms. The van der Waals surface area contributed by atoms with Crippen LogP contribution in [0.25, 0.3) is 0 Å². The predicted octanol–water partition coefficient (Wildman–Crippen LogP) is -1.11. The number of carbonyl (C=O) groups excluding carboxylic acids is 3. The second-order valence-corrected chi connectivity index (χ2v) is 8.92. The van der Waals surface area contributed by atoms with Crippen LogP contribution in [0.5, 0.6) is 0 Å². The van der Waals surface area contributed by atoms with Crippen LogP contribution in [0.4, 0.5) is 5.82 Å². The van der Waals surface area contributed by atoms with Crippen LogP contribution in [-0.4, -0.2) is 79.3 Å². The van der Waals surface area contributed by atoms with E-state index in [1.165, 1.54) is 5.56 Å². The molecule has 12 nitrogen and oxygen atoms in total. The van der Waals surface area contributed by atoms with Crippen molar-refractivity contribution in [3.05, 3.63) is 52.9 Å². The van der Waals surface area contributed by atoms with E-state index in [0.29, 0.717) is 30.6 Å². The van der Waals surface area contributed by atoms with Gasteiger partial charge >= 0.3 is 36.9 Å². The minimum absolute atomic E-state index is 0. The van der Waals surface area contributed by atoms with Crippen LogP contribution >= 0.6 is 11.6 Å². The van der Waals surface area contributed by atoms with Gasteiger partial charge < -0.3 is 34.0 Å². The summed E-state index contributed by atoms with van der Waals surface area (Å²) in [6.45, 7) is 8.05. The zero-order valence-corrected chi connectivity index (χ0v) is 26.2. The zero-order valence-electron chi connectivity index (χ0n) is 23.5. The molecule has 3 rings (SSSR count). The van der Waals surface area contributed by atoms with Crippen LogP contribution < -0.4 is 39.8 Å². The number of nitrogens with zero attached hydrogens (tertiary/aromatic N) is 3. The zero-order chi connectivity index (χ0) is 28.8. The van der Waals surface area contributed by atoms with Gasteiger partial charge in [-0.25, -0.2) is 4.98 Å². The van der Waals surface area contributed by atoms with Gasteiger partial charge in [-0.05, 0) is 18.9 Å². The van der Waals surface area contributed by atoms with E-state index >= 15 is 0 Å². The van der Waals surface area contributed by atoms with E-state index in [1.807, 2.05) is 18.2 Å². The van der Waals surface area contributed by atoms with E-state index in [4.69, 9.17) is 16.3 Å². The number of rotatable bonds is 10. The fourth-order valence-corrected chi connectivity index (χ4v) is 3.91. The van der Waals surface area contributed by atoms with Crippen LogP contribution in [0.2, 0.25) is 5.15 Å². The quantitative estimate of drug-likeness (QED) is 0.325. The normalized spacial score (nSPS) is 15.2. The van der Waals surface area contributed by atoms with Crippen molar-refractivity contribution < 1.29 is 67.7 Å². The molecule has 2 aromatic rings. The van der Waals surface area contributed by atoms with Crippen LogP contribution in [0.1, 0.15) is 45.0 Å². The Bertz CT molecular complexity index is 1050. The summed E-state index contributed by atoms with van der Waals surface area (Å²) in [6, 6.07) is 10.3. The second-order valence-electron chi connectivity index (χ2n) is 8.56. The Hall–Kier alpha value is -2.26. The summed E-state index contributed by atoms with van der Waals surface area (Å²) in [7, 11) is -1.59. The molecule has 0 amide bonds. The average molecular weight is 588 g/mol. The molecule has 2 atom stereocenters. The fraction of sp³-hybridized carbons (Fsp3) is 0.480. The number of aliphatic hydroxyl groups excluding tert-OH is 1. The van der Waals surface area contributed by atoms with Crippen molar-refractivity contribution in [3.63, 3.8) is 0 Å². The summed E-state index contributed by atoms with van der Waals surface area (Å²) in [5.74, 6) is -1.37. The van der Waals surface area contributed by atoms with Gasteiger partial charge in [0.05, 0.1) is 43.8 Å². The molecule has 15 heteroatoms. The first-order valence-corrected chi connectivity index (χ1v) is 12.7. The molecule has 1 aromatic heterocycles. The number of anilines is 1. The molecule has 1 saturated heterocycles. The third-order valence-corrected chi connectivity index (χ3v) is 5.59. The van der Waals surface area contributed by atoms with E-state index in [1.54, 1.807) is 6.20 Å². The minimum atomic E-state index is -1.59. The van der Waals surface area contributed by atoms with E-state index < -0.39 is 25.2 Å². The third-order valence-electron chi connectivity index (χ3n) is 5.31. The van der Waals surface area contributed by atoms with Crippen molar-refractivity contribution in [2.75, 3.05) is 37.8 Å². The third kappa shape index (κ3) is 12.9. The molecular formula is C25H34BClN4NaO8. The molecule has 0 aliphatic carbocycles. The number of nitrogens with one attached hydrogen (secondary N) is 1. The second kappa shape index (κ2) is 19.0. The Labute approximate surface area is 261 Å². The Balaban J connectivity index is 0.000000489. The Morgan fingerprint density at radius 3 is 2.25 bits per heavy atom. The molecule has 1 aromatic carbocycles. The van der Waals surface area contributed by atoms with Crippen molar-refractivity contribution >= 4 is 42.6 Å². The van der Waals surface area contributed by atoms with E-state index in [9.17, 15) is 19.5 Å². The van der Waals surface area contributed by atoms with E-state index in [0.717, 1.165) is 39.6 Å². The van der Waals surface area contributed by atoms with Crippen LogP contribution in [-0.2, 0) is 39.5 Å². The van der Waals surface area contributed by atoms with Gasteiger partial charge in [0.1, 0.15) is 5.82 Å². The van der Waals surface area contributed by atoms with E-state index in [2.05, 4.69) is 53.2 Å². The van der Waals surface area contributed by atoms with Gasteiger partial charge in [0, 0.05) is 33.9 Å². The summed E-state index contributed by atoms with van der Waals surface area (Å²) in [5, 5.41) is 12.9. The summed E-state index contributed by atoms with van der Waals surface area (Å²) in [5.41, 5.74) is 1.88. The molecule has 1 unspecified atom stereocenters. The molecule has 2 N–H and O–H groups in total. The van der Waals surface area contributed by atoms with Crippen molar-refractivity contribution in [2.24, 2.45) is 0 Å². The van der Waals surface area contributed by atoms with Crippen LogP contribution in [0, 0.1) is 0 Å². The summed E-state index contributed by atoms with van der Waals surface area (Å²) in [4.78, 5) is 42.6. The van der Waals surface area contributed by atoms with Gasteiger partial charge in [0.2, 0.25) is 0 Å². The van der Waals surface area contributed by atoms with Crippen molar-refractivity contribution in [1.29, 1.82) is 0 Å². The van der Waals surface area contributed by atoms with Crippen molar-refractivity contribution in [1.82, 2.24) is 15.3 Å². The molecule has 1 fully saturated rings. The summed E-state index contributed by atoms with van der Waals surface area (Å²) >= 11 is 6.50. The Morgan fingerprint density at radius 1 is 1.15 bits per heavy atom. The maximum absolute atomic E-state index is 10.4. The van der Waals surface area contributed by atoms with Gasteiger partial charge in [-0.2, -0.15) is 0 Å². The van der Waals surface area contributed by atoms with Gasteiger partial charge in [-0.1, -0.05) is 41.9 Å². The molecule has 0 spiro atoms. The monoisotopic (exact) mass is 587 g/mol. The molecule has 1 aliphatic rings. The first-order chi connectivity index (χ1) is 18.6. The van der Waals surface area contributed by atoms with Crippen LogP contribution in [0.15, 0.2) is 36.5 Å². The molecule has 0 bridgehead atoms. The number of ether oxygens (including phenoxy) is 1. The predicted molar refractivity (Wildman–Crippen MR) is 144 cm³/mol. The van der Waals surface area contributed by atoms with Gasteiger partial charge in [0.15, 0.2) is 5.15 Å². The number of carbonyl (C=O) groups is 3. The van der Waals surface area contributed by atoms with Crippen LogP contribution in [0.3, 0.4) is 0 Å². The number of aliphatic hydroxyl groups is 1. The summed E-state index contributed by atoms with van der Waals surface area (Å²) < 4.78 is 18.5. The van der Waals surface area contributed by atoms with Crippen molar-refractivity contribution in [2.45, 2.75) is 46.2 Å². The number of morpholine rings is 1. The smallest absolute Gasteiger partial charge is 0.642 e. The van der Waals surface area contributed by atoms with Gasteiger partial charge in [0.25, 0.3) is 17.9 Å². The Kier molecular flexibility index (Phi) is 17.0. The summed E-state index contributed by atoms with van der Waals surface area (Å²) in [6.07, 6.45) is 2.50. The van der Waals surface area contributed by atoms with Gasteiger partial charge in [-0.15, -0.1) is 0 Å². The van der Waals surface area contributed by atoms with Crippen molar-refractivity contribution in [3.8, 4) is 0 Å². The number of aromatic nitrogens is 2. The first kappa shape index (κ1) is 35.8. The number of hydrogen-bond donors (Lipinski definition) is 2. The average Bonchev–Trinajstić information content (AvgIpc) is 2.87. The topological polar surface area (TPSA) is 149 Å². The fourth-order valence-electron chi connectivity index (χ4n) is 3.64. The number of benzene rings is 1. The standard InChI is InChI=1S/C19H25ClN4O2.C6H9BO6.Na/c1-14-13-26-10-8-24(14)17-12-22-18(19(20)23-17)16(21-7-9-25)11-15-5-3-2-4-6-15;1-4(8)11-7(12-5(2)9)13-6(3)10;/h2-6,12,14,16,21,25H,7-11,13H2,1H3;1-3H3;/q;-1;+1/t14-,16?;;/m1../s1. The molecule has 1 aliphatic heterocycles. The molecule has 0 saturated carbocycles. The number of hydrogen-bond acceptors (Lipinski definition) is 12. The SMILES string of the molecule is CC(=O)O[B-](OC(C)=O)OC(C)=O.C[C@@H]1COCCN1c1cnc(C(Cc2ccccc2)NCCO)c(Cl)n1.[Na+]. The largest absolute Gasteiger partial charge is 1.00 e. The van der Waals surface area contributed by atoms with Gasteiger partial charge in [-0.3, -0.25) is 19.4 Å². The molecule has 2 heterocycles.